The first-order valence-corrected chi connectivity index (χ1v) is 7.77. The molecule has 0 aliphatic heterocycles. The van der Waals surface area contributed by atoms with Gasteiger partial charge < -0.3 is 14.8 Å². The van der Waals surface area contributed by atoms with E-state index in [0.29, 0.717) is 27.0 Å². The highest BCUT2D eigenvalue weighted by atomic mass is 35.5. The summed E-state index contributed by atoms with van der Waals surface area (Å²) >= 11 is 11.8. The fourth-order valence-electron chi connectivity index (χ4n) is 1.87. The summed E-state index contributed by atoms with van der Waals surface area (Å²) in [7, 11) is 1.31. The van der Waals surface area contributed by atoms with Crippen LogP contribution in [0.25, 0.3) is 0 Å². The predicted octanol–water partition coefficient (Wildman–Crippen LogP) is 4.19. The molecule has 1 amide bonds. The van der Waals surface area contributed by atoms with Crippen molar-refractivity contribution in [3.63, 3.8) is 0 Å². The van der Waals surface area contributed by atoms with E-state index in [4.69, 9.17) is 27.9 Å². The number of carbonyl (C=O) groups is 2. The van der Waals surface area contributed by atoms with Gasteiger partial charge in [0.15, 0.2) is 6.10 Å². The van der Waals surface area contributed by atoms with Crippen LogP contribution in [0.4, 0.5) is 5.69 Å². The van der Waals surface area contributed by atoms with Crippen LogP contribution in [-0.4, -0.2) is 25.1 Å². The Morgan fingerprint density at radius 3 is 2.33 bits per heavy atom. The first kappa shape index (κ1) is 18.1. The van der Waals surface area contributed by atoms with Gasteiger partial charge in [-0.3, -0.25) is 4.79 Å². The van der Waals surface area contributed by atoms with Gasteiger partial charge in [-0.2, -0.15) is 0 Å². The van der Waals surface area contributed by atoms with E-state index in [0.717, 1.165) is 0 Å². The summed E-state index contributed by atoms with van der Waals surface area (Å²) in [6.45, 7) is 1.60. The summed E-state index contributed by atoms with van der Waals surface area (Å²) in [6.07, 6.45) is -0.763. The molecule has 0 saturated heterocycles. The van der Waals surface area contributed by atoms with Gasteiger partial charge in [0.2, 0.25) is 0 Å². The molecule has 0 aliphatic rings. The maximum absolute atomic E-state index is 12.2. The molecule has 0 heterocycles. The lowest BCUT2D eigenvalue weighted by Crippen LogP contribution is -2.30. The largest absolute Gasteiger partial charge is 0.481 e. The average Bonchev–Trinajstić information content (AvgIpc) is 2.57. The lowest BCUT2D eigenvalue weighted by atomic mass is 10.2. The number of benzene rings is 2. The molecule has 2 aromatic carbocycles. The molecule has 7 heteroatoms. The first-order chi connectivity index (χ1) is 11.4. The summed E-state index contributed by atoms with van der Waals surface area (Å²) < 4.78 is 10.2. The minimum Gasteiger partial charge on any atom is -0.481 e. The fourth-order valence-corrected chi connectivity index (χ4v) is 2.33. The van der Waals surface area contributed by atoms with E-state index in [-0.39, 0.29) is 5.91 Å². The molecule has 2 rings (SSSR count). The highest BCUT2D eigenvalue weighted by Crippen LogP contribution is 2.25. The molecule has 2 aromatic rings. The van der Waals surface area contributed by atoms with Gasteiger partial charge >= 0.3 is 5.97 Å². The van der Waals surface area contributed by atoms with Crippen LogP contribution in [0.1, 0.15) is 17.3 Å². The van der Waals surface area contributed by atoms with E-state index < -0.39 is 12.1 Å². The van der Waals surface area contributed by atoms with E-state index in [1.165, 1.54) is 13.2 Å². The summed E-state index contributed by atoms with van der Waals surface area (Å²) in [4.78, 5) is 23.5. The summed E-state index contributed by atoms with van der Waals surface area (Å²) in [5.74, 6) is -0.353. The van der Waals surface area contributed by atoms with Crippen LogP contribution in [0, 0.1) is 0 Å². The van der Waals surface area contributed by atoms with Gasteiger partial charge in [0.25, 0.3) is 5.91 Å². The van der Waals surface area contributed by atoms with Crippen LogP contribution in [0.5, 0.6) is 5.75 Å². The zero-order valence-corrected chi connectivity index (χ0v) is 14.5. The van der Waals surface area contributed by atoms with Crippen molar-refractivity contribution in [2.45, 2.75) is 13.0 Å². The summed E-state index contributed by atoms with van der Waals surface area (Å²) in [5.41, 5.74) is 0.845. The smallest absolute Gasteiger partial charge is 0.337 e. The molecule has 5 nitrogen and oxygen atoms in total. The monoisotopic (exact) mass is 367 g/mol. The van der Waals surface area contributed by atoms with Crippen molar-refractivity contribution in [2.75, 3.05) is 12.4 Å². The van der Waals surface area contributed by atoms with Crippen molar-refractivity contribution in [2.24, 2.45) is 0 Å². The minimum absolute atomic E-state index is 0.338. The van der Waals surface area contributed by atoms with Crippen molar-refractivity contribution >= 4 is 40.8 Å². The third-order valence-corrected chi connectivity index (χ3v) is 3.69. The van der Waals surface area contributed by atoms with E-state index in [9.17, 15) is 9.59 Å². The Labute approximate surface area is 149 Å². The van der Waals surface area contributed by atoms with E-state index >= 15 is 0 Å². The molecule has 24 heavy (non-hydrogen) atoms. The zero-order chi connectivity index (χ0) is 17.7. The molecule has 0 fully saturated rings. The molecule has 0 radical (unpaired) electrons. The topological polar surface area (TPSA) is 64.6 Å². The third-order valence-electron chi connectivity index (χ3n) is 3.15. The summed E-state index contributed by atoms with van der Waals surface area (Å²) in [5, 5.41) is 3.49. The fraction of sp³-hybridized carbons (Fsp3) is 0.176. The normalized spacial score (nSPS) is 11.5. The Kier molecular flexibility index (Phi) is 6.06. The molecule has 1 N–H and O–H groups in total. The average molecular weight is 368 g/mol. The minimum atomic E-state index is -0.763. The Balaban J connectivity index is 1.99. The molecule has 0 unspecified atom stereocenters. The molecule has 0 saturated carbocycles. The van der Waals surface area contributed by atoms with Crippen molar-refractivity contribution in [3.8, 4) is 5.75 Å². The second-order valence-corrected chi connectivity index (χ2v) is 5.73. The Morgan fingerprint density at radius 1 is 1.08 bits per heavy atom. The number of methoxy groups -OCH3 is 1. The molecular formula is C17H15Cl2NO4. The number of anilines is 1. The Morgan fingerprint density at radius 2 is 1.75 bits per heavy atom. The number of rotatable bonds is 5. The van der Waals surface area contributed by atoms with Crippen LogP contribution < -0.4 is 10.1 Å². The zero-order valence-electron chi connectivity index (χ0n) is 13.0. The van der Waals surface area contributed by atoms with Crippen molar-refractivity contribution < 1.29 is 19.1 Å². The predicted molar refractivity (Wildman–Crippen MR) is 93.0 cm³/mol. The number of hydrogen-bond acceptors (Lipinski definition) is 4. The molecule has 0 aliphatic carbocycles. The van der Waals surface area contributed by atoms with E-state index in [1.54, 1.807) is 43.3 Å². The highest BCUT2D eigenvalue weighted by Gasteiger charge is 2.16. The van der Waals surface area contributed by atoms with Gasteiger partial charge in [-0.05, 0) is 49.4 Å². The van der Waals surface area contributed by atoms with E-state index in [2.05, 4.69) is 10.1 Å². The number of esters is 1. The van der Waals surface area contributed by atoms with Crippen molar-refractivity contribution in [1.29, 1.82) is 0 Å². The second-order valence-electron chi connectivity index (χ2n) is 4.89. The van der Waals surface area contributed by atoms with Gasteiger partial charge in [-0.15, -0.1) is 0 Å². The number of ether oxygens (including phenoxy) is 2. The van der Waals surface area contributed by atoms with Crippen LogP contribution in [0.15, 0.2) is 42.5 Å². The SMILES string of the molecule is COC(=O)c1ccc(O[C@H](C)C(=O)Nc2ccc(Cl)cc2Cl)cc1. The van der Waals surface area contributed by atoms with Gasteiger partial charge in [0, 0.05) is 5.02 Å². The van der Waals surface area contributed by atoms with Gasteiger partial charge in [-0.1, -0.05) is 23.2 Å². The van der Waals surface area contributed by atoms with Gasteiger partial charge in [0.1, 0.15) is 5.75 Å². The quantitative estimate of drug-likeness (QED) is 0.804. The Bertz CT molecular complexity index is 747. The molecule has 0 spiro atoms. The lowest BCUT2D eigenvalue weighted by molar-refractivity contribution is -0.122. The molecule has 126 valence electrons. The Hall–Kier alpha value is -2.24. The second kappa shape index (κ2) is 8.04. The van der Waals surface area contributed by atoms with Gasteiger partial charge in [0.05, 0.1) is 23.4 Å². The maximum Gasteiger partial charge on any atom is 0.337 e. The van der Waals surface area contributed by atoms with Crippen LogP contribution >= 0.6 is 23.2 Å². The van der Waals surface area contributed by atoms with E-state index in [1.807, 2.05) is 0 Å². The van der Waals surface area contributed by atoms with Crippen LogP contribution in [-0.2, 0) is 9.53 Å². The number of hydrogen-bond donors (Lipinski definition) is 1. The first-order valence-electron chi connectivity index (χ1n) is 7.01. The number of nitrogens with one attached hydrogen (secondary N) is 1. The number of carbonyl (C=O) groups excluding carboxylic acids is 2. The maximum atomic E-state index is 12.2. The number of halogens is 2. The highest BCUT2D eigenvalue weighted by molar-refractivity contribution is 6.36. The molecule has 1 atom stereocenters. The van der Waals surface area contributed by atoms with Crippen molar-refractivity contribution in [3.05, 3.63) is 58.1 Å². The van der Waals surface area contributed by atoms with Crippen LogP contribution in [0.2, 0.25) is 10.0 Å². The molecular weight excluding hydrogens is 353 g/mol. The summed E-state index contributed by atoms with van der Waals surface area (Å²) in [6, 6.07) is 11.1. The lowest BCUT2D eigenvalue weighted by Gasteiger charge is -2.15. The molecule has 0 bridgehead atoms. The number of amides is 1. The van der Waals surface area contributed by atoms with Crippen LogP contribution in [0.3, 0.4) is 0 Å². The standard InChI is InChI=1S/C17H15Cl2NO4/c1-10(16(21)20-15-8-5-12(18)9-14(15)19)24-13-6-3-11(4-7-13)17(22)23-2/h3-10H,1-2H3,(H,20,21)/t10-/m1/s1. The van der Waals surface area contributed by atoms with Crippen molar-refractivity contribution in [1.82, 2.24) is 0 Å². The molecule has 0 aromatic heterocycles. The third kappa shape index (κ3) is 4.63. The van der Waals surface area contributed by atoms with Gasteiger partial charge in [-0.25, -0.2) is 4.79 Å².